The molecule has 9 heteroatoms. The van der Waals surface area contributed by atoms with Crippen LogP contribution in [-0.2, 0) is 6.54 Å². The predicted octanol–water partition coefficient (Wildman–Crippen LogP) is 3.85. The average molecular weight is 402 g/mol. The van der Waals surface area contributed by atoms with Gasteiger partial charge >= 0.3 is 0 Å². The average Bonchev–Trinajstić information content (AvgIpc) is 2.66. The standard InChI is InChI=1S/C19H13ClFN3O4/c20-15-8-7-13(10-17(15)24(27)28)22-18(25)14-5-3-9-23(19(14)26)11-12-4-1-2-6-16(12)21/h1-10H,11H2,(H,22,25). The number of anilines is 1. The molecule has 0 radical (unpaired) electrons. The molecule has 0 bridgehead atoms. The summed E-state index contributed by atoms with van der Waals surface area (Å²) < 4.78 is 15.0. The van der Waals surface area contributed by atoms with Gasteiger partial charge in [0, 0.05) is 23.5 Å². The highest BCUT2D eigenvalue weighted by atomic mass is 35.5. The lowest BCUT2D eigenvalue weighted by atomic mass is 10.2. The maximum absolute atomic E-state index is 13.8. The Morgan fingerprint density at radius 1 is 1.18 bits per heavy atom. The van der Waals surface area contributed by atoms with Crippen LogP contribution in [0.3, 0.4) is 0 Å². The molecule has 1 aromatic heterocycles. The van der Waals surface area contributed by atoms with Gasteiger partial charge in [0.05, 0.1) is 11.5 Å². The van der Waals surface area contributed by atoms with Crippen molar-refractivity contribution < 1.29 is 14.1 Å². The van der Waals surface area contributed by atoms with Gasteiger partial charge in [-0.2, -0.15) is 0 Å². The second-order valence-electron chi connectivity index (χ2n) is 5.82. The molecule has 0 spiro atoms. The first kappa shape index (κ1) is 19.2. The summed E-state index contributed by atoms with van der Waals surface area (Å²) in [7, 11) is 0. The van der Waals surface area contributed by atoms with Crippen molar-refractivity contribution in [1.82, 2.24) is 4.57 Å². The monoisotopic (exact) mass is 401 g/mol. The Hall–Kier alpha value is -3.52. The topological polar surface area (TPSA) is 94.2 Å². The van der Waals surface area contributed by atoms with E-state index in [1.165, 1.54) is 47.2 Å². The lowest BCUT2D eigenvalue weighted by Gasteiger charge is -2.10. The zero-order valence-corrected chi connectivity index (χ0v) is 15.0. The Bertz CT molecular complexity index is 1130. The van der Waals surface area contributed by atoms with Gasteiger partial charge in [0.2, 0.25) is 0 Å². The molecule has 0 unspecified atom stereocenters. The van der Waals surface area contributed by atoms with Crippen LogP contribution >= 0.6 is 11.6 Å². The number of nitrogens with zero attached hydrogens (tertiary/aromatic N) is 2. The maximum atomic E-state index is 13.8. The molecule has 142 valence electrons. The van der Waals surface area contributed by atoms with E-state index in [9.17, 15) is 24.1 Å². The molecule has 0 saturated heterocycles. The Morgan fingerprint density at radius 3 is 2.64 bits per heavy atom. The van der Waals surface area contributed by atoms with Crippen LogP contribution in [0.1, 0.15) is 15.9 Å². The molecule has 2 aromatic carbocycles. The second-order valence-corrected chi connectivity index (χ2v) is 6.23. The fraction of sp³-hybridized carbons (Fsp3) is 0.0526. The zero-order chi connectivity index (χ0) is 20.3. The molecule has 0 atom stereocenters. The third-order valence-corrected chi connectivity index (χ3v) is 4.28. The summed E-state index contributed by atoms with van der Waals surface area (Å²) in [5.41, 5.74) is -0.756. The minimum Gasteiger partial charge on any atom is -0.322 e. The summed E-state index contributed by atoms with van der Waals surface area (Å²) in [4.78, 5) is 35.3. The lowest BCUT2D eigenvalue weighted by Crippen LogP contribution is -2.29. The first-order chi connectivity index (χ1) is 13.4. The van der Waals surface area contributed by atoms with Crippen LogP contribution in [0.25, 0.3) is 0 Å². The van der Waals surface area contributed by atoms with Crippen molar-refractivity contribution in [3.05, 3.63) is 103 Å². The van der Waals surface area contributed by atoms with E-state index >= 15 is 0 Å². The van der Waals surface area contributed by atoms with E-state index in [1.54, 1.807) is 12.1 Å². The molecule has 1 N–H and O–H groups in total. The lowest BCUT2D eigenvalue weighted by molar-refractivity contribution is -0.384. The molecule has 0 aliphatic carbocycles. The smallest absolute Gasteiger partial charge is 0.289 e. The molecule has 0 fully saturated rings. The molecule has 0 aliphatic heterocycles. The number of carbonyl (C=O) groups is 1. The van der Waals surface area contributed by atoms with Crippen LogP contribution in [0, 0.1) is 15.9 Å². The molecule has 0 aliphatic rings. The van der Waals surface area contributed by atoms with Crippen LogP contribution in [0.2, 0.25) is 5.02 Å². The highest BCUT2D eigenvalue weighted by Crippen LogP contribution is 2.27. The molecule has 0 saturated carbocycles. The third-order valence-electron chi connectivity index (χ3n) is 3.96. The summed E-state index contributed by atoms with van der Waals surface area (Å²) in [6.07, 6.45) is 1.44. The van der Waals surface area contributed by atoms with Crippen molar-refractivity contribution in [2.45, 2.75) is 6.54 Å². The first-order valence-electron chi connectivity index (χ1n) is 8.05. The van der Waals surface area contributed by atoms with E-state index in [0.29, 0.717) is 5.56 Å². The number of hydrogen-bond acceptors (Lipinski definition) is 4. The Balaban J connectivity index is 1.87. The second kappa shape index (κ2) is 8.01. The molecule has 3 rings (SSSR count). The van der Waals surface area contributed by atoms with Crippen molar-refractivity contribution in [1.29, 1.82) is 0 Å². The fourth-order valence-electron chi connectivity index (χ4n) is 2.57. The van der Waals surface area contributed by atoms with Gasteiger partial charge in [-0.05, 0) is 30.3 Å². The van der Waals surface area contributed by atoms with Crippen molar-refractivity contribution in [2.24, 2.45) is 0 Å². The van der Waals surface area contributed by atoms with Crippen LogP contribution in [-0.4, -0.2) is 15.4 Å². The SMILES string of the molecule is O=C(Nc1ccc(Cl)c([N+](=O)[O-])c1)c1cccn(Cc2ccccc2F)c1=O. The fourth-order valence-corrected chi connectivity index (χ4v) is 2.76. The van der Waals surface area contributed by atoms with Gasteiger partial charge in [0.15, 0.2) is 0 Å². The van der Waals surface area contributed by atoms with Crippen molar-refractivity contribution in [2.75, 3.05) is 5.32 Å². The van der Waals surface area contributed by atoms with Gasteiger partial charge in [-0.1, -0.05) is 29.8 Å². The highest BCUT2D eigenvalue weighted by Gasteiger charge is 2.17. The zero-order valence-electron chi connectivity index (χ0n) is 14.3. The van der Waals surface area contributed by atoms with Crippen molar-refractivity contribution >= 4 is 28.9 Å². The normalized spacial score (nSPS) is 10.5. The number of nitrogens with one attached hydrogen (secondary N) is 1. The number of rotatable bonds is 5. The quantitative estimate of drug-likeness (QED) is 0.519. The number of hydrogen-bond donors (Lipinski definition) is 1. The van der Waals surface area contributed by atoms with Gasteiger partial charge in [-0.15, -0.1) is 0 Å². The molecular formula is C19H13ClFN3O4. The number of pyridine rings is 1. The number of aromatic nitrogens is 1. The van der Waals surface area contributed by atoms with Gasteiger partial charge in [-0.3, -0.25) is 19.7 Å². The van der Waals surface area contributed by atoms with E-state index in [2.05, 4.69) is 5.32 Å². The number of halogens is 2. The number of nitro groups is 1. The van der Waals surface area contributed by atoms with Gasteiger partial charge in [-0.25, -0.2) is 4.39 Å². The Morgan fingerprint density at radius 2 is 1.93 bits per heavy atom. The molecule has 1 amide bonds. The predicted molar refractivity (Wildman–Crippen MR) is 102 cm³/mol. The Labute approximate surface area is 163 Å². The summed E-state index contributed by atoms with van der Waals surface area (Å²) in [6.45, 7) is -0.0426. The minimum absolute atomic E-state index is 0.0426. The molecule has 28 heavy (non-hydrogen) atoms. The number of amides is 1. The van der Waals surface area contributed by atoms with Crippen LogP contribution in [0.5, 0.6) is 0 Å². The highest BCUT2D eigenvalue weighted by molar-refractivity contribution is 6.32. The summed E-state index contributed by atoms with van der Waals surface area (Å²) >= 11 is 5.74. The largest absolute Gasteiger partial charge is 0.322 e. The van der Waals surface area contributed by atoms with E-state index in [4.69, 9.17) is 11.6 Å². The maximum Gasteiger partial charge on any atom is 0.289 e. The third kappa shape index (κ3) is 4.07. The van der Waals surface area contributed by atoms with E-state index in [1.807, 2.05) is 0 Å². The van der Waals surface area contributed by atoms with Gasteiger partial charge in [0.25, 0.3) is 17.2 Å². The van der Waals surface area contributed by atoms with Crippen LogP contribution in [0.15, 0.2) is 65.6 Å². The number of benzene rings is 2. The molecule has 1 heterocycles. The summed E-state index contributed by atoms with van der Waals surface area (Å²) in [6, 6.07) is 12.6. The molecule has 7 nitrogen and oxygen atoms in total. The minimum atomic E-state index is -0.746. The Kier molecular flexibility index (Phi) is 5.51. The van der Waals surface area contributed by atoms with Crippen molar-refractivity contribution in [3.8, 4) is 0 Å². The van der Waals surface area contributed by atoms with Gasteiger partial charge in [0.1, 0.15) is 16.4 Å². The van der Waals surface area contributed by atoms with E-state index in [-0.39, 0.29) is 28.5 Å². The molecule has 3 aromatic rings. The van der Waals surface area contributed by atoms with Crippen LogP contribution < -0.4 is 10.9 Å². The molecular weight excluding hydrogens is 389 g/mol. The number of nitro benzene ring substituents is 1. The van der Waals surface area contributed by atoms with Crippen molar-refractivity contribution in [3.63, 3.8) is 0 Å². The summed E-state index contributed by atoms with van der Waals surface area (Å²) in [5, 5.41) is 13.3. The van der Waals surface area contributed by atoms with E-state index in [0.717, 1.165) is 6.07 Å². The first-order valence-corrected chi connectivity index (χ1v) is 8.43. The summed E-state index contributed by atoms with van der Waals surface area (Å²) in [5.74, 6) is -1.21. The van der Waals surface area contributed by atoms with E-state index < -0.39 is 22.2 Å². The van der Waals surface area contributed by atoms with Gasteiger partial charge < -0.3 is 9.88 Å². The van der Waals surface area contributed by atoms with Crippen LogP contribution in [0.4, 0.5) is 15.8 Å². The number of carbonyl (C=O) groups excluding carboxylic acids is 1.